The Morgan fingerprint density at radius 3 is 2.73 bits per heavy atom. The van der Waals surface area contributed by atoms with Gasteiger partial charge in [0.25, 0.3) is 0 Å². The summed E-state index contributed by atoms with van der Waals surface area (Å²) in [5.74, 6) is -0.947. The summed E-state index contributed by atoms with van der Waals surface area (Å²) in [7, 11) is 0. The largest absolute Gasteiger partial charge is 0.505 e. The number of aromatic hydroxyl groups is 1. The van der Waals surface area contributed by atoms with Crippen molar-refractivity contribution in [2.75, 3.05) is 5.73 Å². The monoisotopic (exact) mass is 345 g/mol. The van der Waals surface area contributed by atoms with E-state index in [1.165, 1.54) is 12.1 Å². The van der Waals surface area contributed by atoms with Crippen LogP contribution in [0.4, 0.5) is 16.0 Å². The third-order valence-corrected chi connectivity index (χ3v) is 4.40. The first-order valence-corrected chi connectivity index (χ1v) is 7.94. The van der Waals surface area contributed by atoms with Crippen LogP contribution in [0.1, 0.15) is 11.1 Å². The van der Waals surface area contributed by atoms with Crippen LogP contribution in [0.25, 0.3) is 16.8 Å². The minimum Gasteiger partial charge on any atom is -0.505 e. The van der Waals surface area contributed by atoms with Gasteiger partial charge in [0.2, 0.25) is 5.95 Å². The molecule has 0 amide bonds. The lowest BCUT2D eigenvalue weighted by Gasteiger charge is -2.06. The summed E-state index contributed by atoms with van der Waals surface area (Å²) in [6.07, 6.45) is 1.77. The summed E-state index contributed by atoms with van der Waals surface area (Å²) in [5, 5.41) is 13.7. The molecule has 1 aliphatic rings. The van der Waals surface area contributed by atoms with E-state index >= 15 is 0 Å². The predicted molar refractivity (Wildman–Crippen MR) is 96.2 cm³/mol. The zero-order valence-electron chi connectivity index (χ0n) is 13.4. The van der Waals surface area contributed by atoms with Gasteiger partial charge in [0, 0.05) is 22.9 Å². The maximum absolute atomic E-state index is 13.9. The van der Waals surface area contributed by atoms with Crippen molar-refractivity contribution in [1.29, 1.82) is 0 Å². The summed E-state index contributed by atoms with van der Waals surface area (Å²) in [6.45, 7) is 0. The quantitative estimate of drug-likeness (QED) is 0.488. The second-order valence-corrected chi connectivity index (χ2v) is 5.98. The average molecular weight is 345 g/mol. The van der Waals surface area contributed by atoms with E-state index < -0.39 is 11.6 Å². The number of aliphatic imine (C=N–C) groups is 1. The summed E-state index contributed by atoms with van der Waals surface area (Å²) < 4.78 is 15.6. The number of halogens is 1. The molecule has 0 bridgehead atoms. The van der Waals surface area contributed by atoms with Crippen molar-refractivity contribution in [2.24, 2.45) is 4.99 Å². The smallest absolute Gasteiger partial charge is 0.238 e. The zero-order chi connectivity index (χ0) is 17.8. The van der Waals surface area contributed by atoms with Gasteiger partial charge in [-0.2, -0.15) is 0 Å². The second kappa shape index (κ2) is 5.13. The first-order chi connectivity index (χ1) is 12.6. The van der Waals surface area contributed by atoms with Gasteiger partial charge in [-0.25, -0.2) is 18.9 Å². The Bertz CT molecular complexity index is 1230. The summed E-state index contributed by atoms with van der Waals surface area (Å²) in [4.78, 5) is 9.19. The van der Waals surface area contributed by atoms with Crippen molar-refractivity contribution < 1.29 is 9.50 Å². The van der Waals surface area contributed by atoms with Crippen LogP contribution in [0.5, 0.6) is 5.75 Å². The molecule has 0 saturated heterocycles. The number of nitrogens with zero attached hydrogens (tertiary/aromatic N) is 4. The molecule has 3 N–H and O–H groups in total. The number of fused-ring (bicyclic) bond motifs is 2. The number of aromatic nitrogens is 3. The Balaban J connectivity index is 1.91. The van der Waals surface area contributed by atoms with Gasteiger partial charge in [-0.15, -0.1) is 5.10 Å². The van der Waals surface area contributed by atoms with Gasteiger partial charge in [-0.3, -0.25) is 0 Å². The van der Waals surface area contributed by atoms with E-state index in [1.807, 2.05) is 30.3 Å². The highest BCUT2D eigenvalue weighted by Crippen LogP contribution is 2.38. The van der Waals surface area contributed by atoms with Gasteiger partial charge in [0.15, 0.2) is 11.6 Å². The molecule has 0 saturated carbocycles. The first-order valence-electron chi connectivity index (χ1n) is 7.94. The fourth-order valence-corrected chi connectivity index (χ4v) is 3.25. The van der Waals surface area contributed by atoms with Crippen molar-refractivity contribution in [2.45, 2.75) is 0 Å². The summed E-state index contributed by atoms with van der Waals surface area (Å²) >= 11 is 0. The average Bonchev–Trinajstić information content (AvgIpc) is 2.99. The SMILES string of the molecule is Nc1nc2c3c(ccn3n1)C(c1ccc(O)c(F)c1)=Nc1ccccc1-2. The zero-order valence-corrected chi connectivity index (χ0v) is 13.4. The molecule has 0 spiro atoms. The minimum absolute atomic E-state index is 0.156. The molecule has 0 unspecified atom stereocenters. The van der Waals surface area contributed by atoms with Crippen molar-refractivity contribution in [3.05, 3.63) is 71.7 Å². The molecule has 0 atom stereocenters. The maximum Gasteiger partial charge on any atom is 0.238 e. The van der Waals surface area contributed by atoms with Crippen molar-refractivity contribution >= 4 is 22.9 Å². The van der Waals surface area contributed by atoms with Gasteiger partial charge in [0.1, 0.15) is 11.2 Å². The highest BCUT2D eigenvalue weighted by Gasteiger charge is 2.23. The normalized spacial score (nSPS) is 12.6. The molecule has 126 valence electrons. The Morgan fingerprint density at radius 1 is 1.04 bits per heavy atom. The van der Waals surface area contributed by atoms with Gasteiger partial charge in [0.05, 0.1) is 11.4 Å². The number of rotatable bonds is 1. The van der Waals surface area contributed by atoms with Crippen LogP contribution in [-0.2, 0) is 0 Å². The standard InChI is InChI=1S/C19H12FN5O/c20-13-9-10(5-6-15(13)26)16-12-7-8-25-18(12)17(23-19(21)24-25)11-3-1-2-4-14(11)22-16/h1-9,26H,(H2,21,24). The fraction of sp³-hybridized carbons (Fsp3) is 0. The molecular weight excluding hydrogens is 333 g/mol. The summed E-state index contributed by atoms with van der Waals surface area (Å²) in [5.41, 5.74) is 10.7. The topological polar surface area (TPSA) is 88.8 Å². The van der Waals surface area contributed by atoms with Gasteiger partial charge in [-0.1, -0.05) is 18.2 Å². The number of nitrogens with two attached hydrogens (primary N) is 1. The van der Waals surface area contributed by atoms with Crippen molar-refractivity contribution in [3.63, 3.8) is 0 Å². The molecule has 4 aromatic rings. The third-order valence-electron chi connectivity index (χ3n) is 4.40. The Morgan fingerprint density at radius 2 is 1.88 bits per heavy atom. The van der Waals surface area contributed by atoms with Crippen LogP contribution >= 0.6 is 0 Å². The number of para-hydroxylation sites is 1. The van der Waals surface area contributed by atoms with Crippen LogP contribution in [-0.4, -0.2) is 25.4 Å². The van der Waals surface area contributed by atoms with Crippen LogP contribution in [0.15, 0.2) is 59.7 Å². The molecule has 26 heavy (non-hydrogen) atoms. The molecule has 1 aliphatic heterocycles. The number of phenolic OH excluding ortho intramolecular Hbond substituents is 1. The lowest BCUT2D eigenvalue weighted by atomic mass is 10.0. The minimum atomic E-state index is -0.702. The van der Waals surface area contributed by atoms with Crippen LogP contribution in [0.2, 0.25) is 0 Å². The molecule has 3 heterocycles. The maximum atomic E-state index is 13.9. The van der Waals surface area contributed by atoms with E-state index in [4.69, 9.17) is 10.7 Å². The van der Waals surface area contributed by atoms with Crippen LogP contribution < -0.4 is 5.73 Å². The Kier molecular flexibility index (Phi) is 2.88. The third kappa shape index (κ3) is 2.00. The molecule has 2 aromatic carbocycles. The van der Waals surface area contributed by atoms with E-state index in [0.29, 0.717) is 22.7 Å². The van der Waals surface area contributed by atoms with E-state index in [0.717, 1.165) is 16.6 Å². The molecule has 0 aliphatic carbocycles. The number of nitrogen functional groups attached to an aromatic ring is 1. The number of hydrogen-bond acceptors (Lipinski definition) is 5. The van der Waals surface area contributed by atoms with Gasteiger partial charge >= 0.3 is 0 Å². The molecule has 0 fully saturated rings. The number of phenols is 1. The molecule has 7 heteroatoms. The van der Waals surface area contributed by atoms with Crippen LogP contribution in [0.3, 0.4) is 0 Å². The van der Waals surface area contributed by atoms with Gasteiger partial charge < -0.3 is 10.8 Å². The molecule has 0 radical (unpaired) electrons. The lowest BCUT2D eigenvalue weighted by molar-refractivity contribution is 0.432. The number of hydrogen-bond donors (Lipinski definition) is 2. The van der Waals surface area contributed by atoms with E-state index in [1.54, 1.807) is 16.8 Å². The van der Waals surface area contributed by atoms with Crippen LogP contribution in [0, 0.1) is 5.82 Å². The highest BCUT2D eigenvalue weighted by atomic mass is 19.1. The Labute approximate surface area is 147 Å². The molecule has 2 aromatic heterocycles. The Hall–Kier alpha value is -3.74. The predicted octanol–water partition coefficient (Wildman–Crippen LogP) is 3.31. The summed E-state index contributed by atoms with van der Waals surface area (Å²) in [6, 6.07) is 13.6. The second-order valence-electron chi connectivity index (χ2n) is 5.98. The number of benzene rings is 2. The van der Waals surface area contributed by atoms with Crippen molar-refractivity contribution in [1.82, 2.24) is 14.6 Å². The molecular formula is C19H12FN5O. The molecule has 6 nitrogen and oxygen atoms in total. The lowest BCUT2D eigenvalue weighted by Crippen LogP contribution is -2.06. The van der Waals surface area contributed by atoms with E-state index in [2.05, 4.69) is 10.1 Å². The highest BCUT2D eigenvalue weighted by molar-refractivity contribution is 6.20. The fourth-order valence-electron chi connectivity index (χ4n) is 3.25. The van der Waals surface area contributed by atoms with E-state index in [9.17, 15) is 9.50 Å². The van der Waals surface area contributed by atoms with Crippen molar-refractivity contribution in [3.8, 4) is 17.0 Å². The van der Waals surface area contributed by atoms with E-state index in [-0.39, 0.29) is 5.95 Å². The number of anilines is 1. The first kappa shape index (κ1) is 14.6. The molecule has 5 rings (SSSR count). The van der Waals surface area contributed by atoms with Gasteiger partial charge in [-0.05, 0) is 30.3 Å².